The van der Waals surface area contributed by atoms with Crippen molar-refractivity contribution in [2.45, 2.75) is 53.2 Å². The third-order valence-corrected chi connectivity index (χ3v) is 3.81. The molecule has 1 N–H and O–H groups in total. The Balaban J connectivity index is 2.27. The van der Waals surface area contributed by atoms with Crippen molar-refractivity contribution in [2.75, 3.05) is 0 Å². The number of piperazine rings is 1. The van der Waals surface area contributed by atoms with Crippen LogP contribution in [0.2, 0.25) is 0 Å². The number of aryl methyl sites for hydroxylation is 1. The molecule has 1 saturated heterocycles. The average Bonchev–Trinajstić information content (AvgIpc) is 2.37. The highest BCUT2D eigenvalue weighted by Crippen LogP contribution is 2.25. The summed E-state index contributed by atoms with van der Waals surface area (Å²) < 4.78 is 0. The molecule has 2 amide bonds. The fourth-order valence-electron chi connectivity index (χ4n) is 2.49. The number of hydrogen-bond acceptors (Lipinski definition) is 3. The lowest BCUT2D eigenvalue weighted by atomic mass is 9.84. The van der Waals surface area contributed by atoms with Crippen LogP contribution >= 0.6 is 0 Å². The molecule has 5 nitrogen and oxygen atoms in total. The normalized spacial score (nSPS) is 23.2. The van der Waals surface area contributed by atoms with Crippen LogP contribution < -0.4 is 5.32 Å². The monoisotopic (exact) mass is 289 g/mol. The highest BCUT2D eigenvalue weighted by molar-refractivity contribution is 5.97. The zero-order valence-corrected chi connectivity index (χ0v) is 13.3. The van der Waals surface area contributed by atoms with E-state index >= 15 is 0 Å². The lowest BCUT2D eigenvalue weighted by Crippen LogP contribution is -2.65. The number of nitrogens with one attached hydrogen (secondary N) is 1. The minimum Gasteiger partial charge on any atom is -0.342 e. The van der Waals surface area contributed by atoms with Crippen LogP contribution in [0, 0.1) is 12.3 Å². The van der Waals surface area contributed by atoms with E-state index in [-0.39, 0.29) is 17.2 Å². The molecule has 1 fully saturated rings. The largest absolute Gasteiger partial charge is 0.342 e. The first kappa shape index (κ1) is 15.5. The van der Waals surface area contributed by atoms with Crippen molar-refractivity contribution in [3.63, 3.8) is 0 Å². The summed E-state index contributed by atoms with van der Waals surface area (Å²) in [5.41, 5.74) is 1.39. The molecule has 0 bridgehead atoms. The summed E-state index contributed by atoms with van der Waals surface area (Å²) in [4.78, 5) is 30.9. The van der Waals surface area contributed by atoms with Crippen LogP contribution in [0.1, 0.15) is 39.1 Å². The number of hydrogen-bond donors (Lipinski definition) is 1. The zero-order chi connectivity index (χ0) is 15.8. The van der Waals surface area contributed by atoms with Crippen molar-refractivity contribution in [1.29, 1.82) is 0 Å². The first-order valence-corrected chi connectivity index (χ1v) is 7.23. The van der Waals surface area contributed by atoms with Gasteiger partial charge in [0.15, 0.2) is 0 Å². The third-order valence-electron chi connectivity index (χ3n) is 3.81. The SMILES string of the molecule is Cc1cccc(CN2C(=O)C(C(C)(C)C)NC(=O)C2C)n1. The van der Waals surface area contributed by atoms with Gasteiger partial charge in [-0.1, -0.05) is 26.8 Å². The van der Waals surface area contributed by atoms with E-state index < -0.39 is 12.1 Å². The number of pyridine rings is 1. The van der Waals surface area contributed by atoms with E-state index in [4.69, 9.17) is 0 Å². The molecule has 21 heavy (non-hydrogen) atoms. The van der Waals surface area contributed by atoms with Gasteiger partial charge < -0.3 is 10.2 Å². The minimum absolute atomic E-state index is 0.0436. The molecule has 1 aliphatic rings. The summed E-state index contributed by atoms with van der Waals surface area (Å²) in [6.07, 6.45) is 0. The van der Waals surface area contributed by atoms with Crippen LogP contribution in [0.25, 0.3) is 0 Å². The Morgan fingerprint density at radius 1 is 1.29 bits per heavy atom. The average molecular weight is 289 g/mol. The predicted molar refractivity (Wildman–Crippen MR) is 80.4 cm³/mol. The van der Waals surface area contributed by atoms with Gasteiger partial charge in [-0.05, 0) is 31.4 Å². The number of amides is 2. The second-order valence-corrected chi connectivity index (χ2v) is 6.72. The van der Waals surface area contributed by atoms with Gasteiger partial charge in [0.25, 0.3) is 0 Å². The molecule has 1 aromatic rings. The number of carbonyl (C=O) groups is 2. The van der Waals surface area contributed by atoms with Crippen molar-refractivity contribution >= 4 is 11.8 Å². The van der Waals surface area contributed by atoms with Gasteiger partial charge in [0, 0.05) is 5.69 Å². The van der Waals surface area contributed by atoms with Crippen LogP contribution in [0.5, 0.6) is 0 Å². The van der Waals surface area contributed by atoms with E-state index in [1.54, 1.807) is 11.8 Å². The maximum Gasteiger partial charge on any atom is 0.246 e. The molecule has 2 atom stereocenters. The summed E-state index contributed by atoms with van der Waals surface area (Å²) >= 11 is 0. The Kier molecular flexibility index (Phi) is 4.03. The van der Waals surface area contributed by atoms with Crippen molar-refractivity contribution < 1.29 is 9.59 Å². The quantitative estimate of drug-likeness (QED) is 0.900. The second kappa shape index (κ2) is 5.47. The Morgan fingerprint density at radius 2 is 1.95 bits per heavy atom. The van der Waals surface area contributed by atoms with E-state index in [1.165, 1.54) is 0 Å². The van der Waals surface area contributed by atoms with Crippen molar-refractivity contribution in [3.8, 4) is 0 Å². The minimum atomic E-state index is -0.494. The van der Waals surface area contributed by atoms with E-state index in [0.29, 0.717) is 6.54 Å². The highest BCUT2D eigenvalue weighted by Gasteiger charge is 2.43. The van der Waals surface area contributed by atoms with Gasteiger partial charge in [-0.2, -0.15) is 0 Å². The van der Waals surface area contributed by atoms with Crippen LogP contribution in [0.15, 0.2) is 18.2 Å². The topological polar surface area (TPSA) is 62.3 Å². The summed E-state index contributed by atoms with van der Waals surface area (Å²) in [5, 5.41) is 2.83. The van der Waals surface area contributed by atoms with Crippen molar-refractivity contribution in [2.24, 2.45) is 5.41 Å². The molecule has 0 spiro atoms. The molecule has 114 valence electrons. The van der Waals surface area contributed by atoms with Gasteiger partial charge >= 0.3 is 0 Å². The molecule has 0 saturated carbocycles. The van der Waals surface area contributed by atoms with Crippen molar-refractivity contribution in [1.82, 2.24) is 15.2 Å². The molecule has 1 aromatic heterocycles. The van der Waals surface area contributed by atoms with Gasteiger partial charge in [0.1, 0.15) is 12.1 Å². The predicted octanol–water partition coefficient (Wildman–Crippen LogP) is 1.65. The summed E-state index contributed by atoms with van der Waals surface area (Å²) in [7, 11) is 0. The maximum absolute atomic E-state index is 12.7. The maximum atomic E-state index is 12.7. The molecule has 0 aromatic carbocycles. The fourth-order valence-corrected chi connectivity index (χ4v) is 2.49. The fraction of sp³-hybridized carbons (Fsp3) is 0.562. The van der Waals surface area contributed by atoms with Gasteiger partial charge in [0.2, 0.25) is 11.8 Å². The first-order chi connectivity index (χ1) is 9.70. The smallest absolute Gasteiger partial charge is 0.246 e. The molecule has 0 radical (unpaired) electrons. The molecule has 2 heterocycles. The van der Waals surface area contributed by atoms with Gasteiger partial charge in [0.05, 0.1) is 12.2 Å². The van der Waals surface area contributed by atoms with Crippen LogP contribution in [-0.4, -0.2) is 33.8 Å². The number of aromatic nitrogens is 1. The molecular weight excluding hydrogens is 266 g/mol. The van der Waals surface area contributed by atoms with E-state index in [9.17, 15) is 9.59 Å². The van der Waals surface area contributed by atoms with E-state index in [0.717, 1.165) is 11.4 Å². The Hall–Kier alpha value is -1.91. The standard InChI is InChI=1S/C16H23N3O2/c1-10-7-6-8-12(17-10)9-19-11(2)14(20)18-13(15(19)21)16(3,4)5/h6-8,11,13H,9H2,1-5H3,(H,18,20). The molecule has 0 aliphatic carbocycles. The summed E-state index contributed by atoms with van der Waals surface area (Å²) in [5.74, 6) is -0.153. The Morgan fingerprint density at radius 3 is 2.52 bits per heavy atom. The molecular formula is C16H23N3O2. The lowest BCUT2D eigenvalue weighted by molar-refractivity contribution is -0.152. The highest BCUT2D eigenvalue weighted by atomic mass is 16.2. The van der Waals surface area contributed by atoms with Gasteiger partial charge in [-0.3, -0.25) is 14.6 Å². The van der Waals surface area contributed by atoms with Crippen molar-refractivity contribution in [3.05, 3.63) is 29.6 Å². The van der Waals surface area contributed by atoms with Gasteiger partial charge in [-0.15, -0.1) is 0 Å². The van der Waals surface area contributed by atoms with Crippen LogP contribution in [0.4, 0.5) is 0 Å². The van der Waals surface area contributed by atoms with E-state index in [1.807, 2.05) is 45.9 Å². The number of rotatable bonds is 2. The molecule has 5 heteroatoms. The summed E-state index contributed by atoms with van der Waals surface area (Å²) in [6, 6.07) is 4.74. The number of carbonyl (C=O) groups excluding carboxylic acids is 2. The van der Waals surface area contributed by atoms with Crippen LogP contribution in [0.3, 0.4) is 0 Å². The lowest BCUT2D eigenvalue weighted by Gasteiger charge is -2.42. The van der Waals surface area contributed by atoms with Gasteiger partial charge in [-0.25, -0.2) is 0 Å². The summed E-state index contributed by atoms with van der Waals surface area (Å²) in [6.45, 7) is 9.89. The third kappa shape index (κ3) is 3.23. The molecule has 2 rings (SSSR count). The molecule has 2 unspecified atom stereocenters. The van der Waals surface area contributed by atoms with Crippen LogP contribution in [-0.2, 0) is 16.1 Å². The Bertz CT molecular complexity index is 563. The number of nitrogens with zero attached hydrogens (tertiary/aromatic N) is 2. The Labute approximate surface area is 125 Å². The molecule has 1 aliphatic heterocycles. The second-order valence-electron chi connectivity index (χ2n) is 6.72. The zero-order valence-electron chi connectivity index (χ0n) is 13.3. The van der Waals surface area contributed by atoms with E-state index in [2.05, 4.69) is 10.3 Å². The first-order valence-electron chi connectivity index (χ1n) is 7.23.